The largest absolute Gasteiger partial charge is 0.481 e. The van der Waals surface area contributed by atoms with Gasteiger partial charge in [-0.25, -0.2) is 0 Å². The van der Waals surface area contributed by atoms with Gasteiger partial charge in [-0.2, -0.15) is 4.37 Å². The van der Waals surface area contributed by atoms with E-state index in [0.29, 0.717) is 45.3 Å². The fourth-order valence-electron chi connectivity index (χ4n) is 3.19. The average molecular weight is 475 g/mol. The summed E-state index contributed by atoms with van der Waals surface area (Å²) in [6, 6.07) is 0. The Hall–Kier alpha value is -1.53. The predicted molar refractivity (Wildman–Crippen MR) is 123 cm³/mol. The zero-order valence-electron chi connectivity index (χ0n) is 19.7. The summed E-state index contributed by atoms with van der Waals surface area (Å²) < 4.78 is 31.5. The molecule has 1 aromatic rings. The fraction of sp³-hybridized carbons (Fsp3) is 0.857. The monoisotopic (exact) mass is 474 g/mol. The van der Waals surface area contributed by atoms with Gasteiger partial charge in [-0.15, -0.1) is 4.37 Å². The van der Waals surface area contributed by atoms with Crippen molar-refractivity contribution in [1.82, 2.24) is 14.1 Å². The van der Waals surface area contributed by atoms with E-state index >= 15 is 0 Å². The van der Waals surface area contributed by atoms with Gasteiger partial charge in [-0.3, -0.25) is 4.79 Å². The number of carboxylic acids is 1. The van der Waals surface area contributed by atoms with Crippen LogP contribution in [-0.2, 0) is 19.0 Å². The van der Waals surface area contributed by atoms with Gasteiger partial charge in [0.2, 0.25) is 5.82 Å². The normalized spacial score (nSPS) is 15.2. The quantitative estimate of drug-likeness (QED) is 0.345. The number of ether oxygens (including phenoxy) is 4. The lowest BCUT2D eigenvalue weighted by Gasteiger charge is -2.29. The summed E-state index contributed by atoms with van der Waals surface area (Å²) in [4.78, 5) is 13.0. The Labute approximate surface area is 194 Å². The first-order chi connectivity index (χ1) is 15.2. The molecule has 2 rings (SSSR count). The third-order valence-electron chi connectivity index (χ3n) is 5.04. The highest BCUT2D eigenvalue weighted by molar-refractivity contribution is 6.99. The van der Waals surface area contributed by atoms with E-state index in [-0.39, 0.29) is 12.0 Å². The molecule has 1 aromatic heterocycles. The number of morpholine rings is 1. The van der Waals surface area contributed by atoms with Crippen molar-refractivity contribution in [2.45, 2.75) is 58.2 Å². The summed E-state index contributed by atoms with van der Waals surface area (Å²) in [7, 11) is 0. The molecular weight excluding hydrogens is 436 g/mol. The van der Waals surface area contributed by atoms with Crippen LogP contribution in [0.2, 0.25) is 0 Å². The summed E-state index contributed by atoms with van der Waals surface area (Å²) in [6.07, 6.45) is 1.53. The van der Waals surface area contributed by atoms with Crippen LogP contribution in [0.5, 0.6) is 5.88 Å². The SMILES string of the molecule is CC(C)(CCOC(C)(C)CC(=O)O)OCCNCCCOc1nsnc1N1CCOCC1. The first-order valence-corrected chi connectivity index (χ1v) is 11.9. The highest BCUT2D eigenvalue weighted by Gasteiger charge is 2.25. The van der Waals surface area contributed by atoms with E-state index in [1.54, 1.807) is 13.8 Å². The minimum absolute atomic E-state index is 0.0184. The molecule has 0 atom stereocenters. The molecule has 0 unspecified atom stereocenters. The second-order valence-corrected chi connectivity index (χ2v) is 9.51. The number of hydrogen-bond acceptors (Lipinski definition) is 10. The van der Waals surface area contributed by atoms with E-state index in [9.17, 15) is 4.79 Å². The molecule has 184 valence electrons. The van der Waals surface area contributed by atoms with Crippen LogP contribution in [0.25, 0.3) is 0 Å². The van der Waals surface area contributed by atoms with Gasteiger partial charge in [0.15, 0.2) is 0 Å². The smallest absolute Gasteiger partial charge is 0.306 e. The van der Waals surface area contributed by atoms with Gasteiger partial charge in [0.25, 0.3) is 5.88 Å². The van der Waals surface area contributed by atoms with Crippen LogP contribution in [-0.4, -0.2) is 90.2 Å². The number of rotatable bonds is 16. The predicted octanol–water partition coefficient (Wildman–Crippen LogP) is 2.19. The Kier molecular flexibility index (Phi) is 11.1. The zero-order valence-corrected chi connectivity index (χ0v) is 20.5. The summed E-state index contributed by atoms with van der Waals surface area (Å²) in [5.74, 6) is 0.565. The number of aliphatic carboxylic acids is 1. The molecule has 0 spiro atoms. The number of nitrogens with one attached hydrogen (secondary N) is 1. The Morgan fingerprint density at radius 1 is 1.09 bits per heavy atom. The molecule has 0 amide bonds. The van der Waals surface area contributed by atoms with E-state index < -0.39 is 11.6 Å². The fourth-order valence-corrected chi connectivity index (χ4v) is 3.71. The van der Waals surface area contributed by atoms with Crippen molar-refractivity contribution in [3.63, 3.8) is 0 Å². The first-order valence-electron chi connectivity index (χ1n) is 11.2. The number of carboxylic acid groups (broad SMARTS) is 1. The van der Waals surface area contributed by atoms with E-state index in [0.717, 1.165) is 38.4 Å². The third kappa shape index (κ3) is 10.4. The zero-order chi connectivity index (χ0) is 23.5. The standard InChI is InChI=1S/C21H38N4O6S/c1-20(2,6-12-30-21(3,4)16-17(26)27)31-13-8-22-7-5-11-29-19-18(23-32-24-19)25-9-14-28-15-10-25/h22H,5-16H2,1-4H3,(H,26,27). The maximum absolute atomic E-state index is 10.9. The van der Waals surface area contributed by atoms with E-state index in [1.807, 2.05) is 13.8 Å². The van der Waals surface area contributed by atoms with Crippen LogP contribution in [0, 0.1) is 0 Å². The van der Waals surface area contributed by atoms with Crippen LogP contribution in [0.1, 0.15) is 47.0 Å². The number of nitrogens with zero attached hydrogens (tertiary/aromatic N) is 3. The minimum atomic E-state index is -0.859. The Morgan fingerprint density at radius 2 is 1.81 bits per heavy atom. The molecule has 2 N–H and O–H groups in total. The molecule has 1 aliphatic rings. The summed E-state index contributed by atoms with van der Waals surface area (Å²) >= 11 is 1.17. The van der Waals surface area contributed by atoms with Crippen molar-refractivity contribution >= 4 is 23.5 Å². The number of carbonyl (C=O) groups is 1. The highest BCUT2D eigenvalue weighted by Crippen LogP contribution is 2.26. The van der Waals surface area contributed by atoms with Crippen LogP contribution in [0.3, 0.4) is 0 Å². The van der Waals surface area contributed by atoms with E-state index in [4.69, 9.17) is 24.1 Å². The molecule has 11 heteroatoms. The molecule has 32 heavy (non-hydrogen) atoms. The van der Waals surface area contributed by atoms with Crippen molar-refractivity contribution in [3.8, 4) is 5.88 Å². The van der Waals surface area contributed by atoms with Crippen molar-refractivity contribution in [2.24, 2.45) is 0 Å². The van der Waals surface area contributed by atoms with Crippen molar-refractivity contribution in [3.05, 3.63) is 0 Å². The highest BCUT2D eigenvalue weighted by atomic mass is 32.1. The van der Waals surface area contributed by atoms with Gasteiger partial charge in [-0.1, -0.05) is 0 Å². The number of anilines is 1. The molecule has 0 saturated carbocycles. The second-order valence-electron chi connectivity index (χ2n) is 8.98. The third-order valence-corrected chi connectivity index (χ3v) is 5.54. The lowest BCUT2D eigenvalue weighted by molar-refractivity contribution is -0.144. The van der Waals surface area contributed by atoms with Crippen LogP contribution >= 0.6 is 11.7 Å². The Morgan fingerprint density at radius 3 is 2.53 bits per heavy atom. The molecular formula is C21H38N4O6S. The van der Waals surface area contributed by atoms with Gasteiger partial charge >= 0.3 is 5.97 Å². The van der Waals surface area contributed by atoms with Crippen LogP contribution in [0.15, 0.2) is 0 Å². The molecule has 0 aliphatic carbocycles. The van der Waals surface area contributed by atoms with Gasteiger partial charge < -0.3 is 34.3 Å². The minimum Gasteiger partial charge on any atom is -0.481 e. The topological polar surface area (TPSA) is 115 Å². The molecule has 1 fully saturated rings. The maximum atomic E-state index is 10.9. The average Bonchev–Trinajstić information content (AvgIpc) is 3.18. The van der Waals surface area contributed by atoms with E-state index in [1.165, 1.54) is 11.7 Å². The molecule has 1 saturated heterocycles. The van der Waals surface area contributed by atoms with Crippen molar-refractivity contribution in [1.29, 1.82) is 0 Å². The maximum Gasteiger partial charge on any atom is 0.306 e. The molecule has 10 nitrogen and oxygen atoms in total. The van der Waals surface area contributed by atoms with Gasteiger partial charge in [0, 0.05) is 19.6 Å². The second kappa shape index (κ2) is 13.2. The lowest BCUT2D eigenvalue weighted by atomic mass is 10.0. The Balaban J connectivity index is 1.51. The van der Waals surface area contributed by atoms with E-state index in [2.05, 4.69) is 19.0 Å². The summed E-state index contributed by atoms with van der Waals surface area (Å²) in [5.41, 5.74) is -1.01. The summed E-state index contributed by atoms with van der Waals surface area (Å²) in [6.45, 7) is 13.8. The first kappa shape index (κ1) is 26.7. The summed E-state index contributed by atoms with van der Waals surface area (Å²) in [5, 5.41) is 12.3. The van der Waals surface area contributed by atoms with Crippen LogP contribution in [0.4, 0.5) is 5.82 Å². The van der Waals surface area contributed by atoms with Gasteiger partial charge in [0.1, 0.15) is 0 Å². The van der Waals surface area contributed by atoms with Crippen LogP contribution < -0.4 is 15.0 Å². The molecule has 2 heterocycles. The lowest BCUT2D eigenvalue weighted by Crippen LogP contribution is -2.36. The van der Waals surface area contributed by atoms with Crippen molar-refractivity contribution in [2.75, 3.05) is 64.1 Å². The van der Waals surface area contributed by atoms with Gasteiger partial charge in [0.05, 0.1) is 62.4 Å². The molecule has 0 bridgehead atoms. The molecule has 0 radical (unpaired) electrons. The Bertz CT molecular complexity index is 679. The number of hydrogen-bond donors (Lipinski definition) is 2. The van der Waals surface area contributed by atoms with Gasteiger partial charge in [-0.05, 0) is 47.1 Å². The number of aromatic nitrogens is 2. The van der Waals surface area contributed by atoms with Crippen molar-refractivity contribution < 1.29 is 28.8 Å². The molecule has 0 aromatic carbocycles. The molecule has 1 aliphatic heterocycles.